The summed E-state index contributed by atoms with van der Waals surface area (Å²) in [7, 11) is 0. The van der Waals surface area contributed by atoms with Gasteiger partial charge in [-0.05, 0) is 12.0 Å². The van der Waals surface area contributed by atoms with Gasteiger partial charge in [0.25, 0.3) is 5.69 Å². The quantitative estimate of drug-likeness (QED) is 0.501. The first-order chi connectivity index (χ1) is 5.63. The molecule has 0 amide bonds. The van der Waals surface area contributed by atoms with Crippen LogP contribution in [-0.2, 0) is 6.42 Å². The van der Waals surface area contributed by atoms with E-state index in [1.165, 1.54) is 6.07 Å². The zero-order chi connectivity index (χ0) is 9.14. The van der Waals surface area contributed by atoms with Crippen LogP contribution in [0, 0.1) is 22.0 Å². The van der Waals surface area contributed by atoms with Crippen molar-refractivity contribution in [2.45, 2.75) is 13.3 Å². The second-order valence-electron chi connectivity index (χ2n) is 2.32. The fourth-order valence-electron chi connectivity index (χ4n) is 0.871. The smallest absolute Gasteiger partial charge is 0.258 e. The molecule has 0 saturated heterocycles. The van der Waals surface area contributed by atoms with Gasteiger partial charge in [-0.1, -0.05) is 6.92 Å². The summed E-state index contributed by atoms with van der Waals surface area (Å²) >= 11 is 0. The van der Waals surface area contributed by atoms with Gasteiger partial charge >= 0.3 is 0 Å². The van der Waals surface area contributed by atoms with E-state index in [-0.39, 0.29) is 5.69 Å². The van der Waals surface area contributed by atoms with Gasteiger partial charge in [0.1, 0.15) is 5.82 Å². The monoisotopic (exact) mass is 168 g/mol. The number of rotatable bonds is 2. The van der Waals surface area contributed by atoms with Crippen LogP contribution in [0.1, 0.15) is 12.5 Å². The van der Waals surface area contributed by atoms with Crippen LogP contribution in [0.15, 0.2) is 12.1 Å². The molecule has 1 aromatic carbocycles. The summed E-state index contributed by atoms with van der Waals surface area (Å²) in [6.45, 7) is 1.79. The first kappa shape index (κ1) is 8.64. The molecule has 0 aliphatic heterocycles. The Morgan fingerprint density at radius 2 is 2.33 bits per heavy atom. The van der Waals surface area contributed by atoms with Crippen LogP contribution in [0.5, 0.6) is 0 Å². The molecule has 0 unspecified atom stereocenters. The van der Waals surface area contributed by atoms with Crippen LogP contribution in [0.3, 0.4) is 0 Å². The SMILES string of the molecule is CCc1[c]c(F)cc([N+](=O)[O-])c1. The minimum atomic E-state index is -0.680. The summed E-state index contributed by atoms with van der Waals surface area (Å²) in [5, 5.41) is 10.2. The van der Waals surface area contributed by atoms with Crippen molar-refractivity contribution in [3.05, 3.63) is 39.7 Å². The predicted molar refractivity (Wildman–Crippen MR) is 41.3 cm³/mol. The van der Waals surface area contributed by atoms with Crippen molar-refractivity contribution in [2.75, 3.05) is 0 Å². The molecule has 4 heteroatoms. The average Bonchev–Trinajstić information content (AvgIpc) is 2.03. The van der Waals surface area contributed by atoms with E-state index in [2.05, 4.69) is 6.07 Å². The molecule has 0 saturated carbocycles. The van der Waals surface area contributed by atoms with Gasteiger partial charge in [-0.25, -0.2) is 4.39 Å². The molecular weight excluding hydrogens is 161 g/mol. The summed E-state index contributed by atoms with van der Waals surface area (Å²) in [6.07, 6.45) is 0.540. The highest BCUT2D eigenvalue weighted by atomic mass is 19.1. The molecular formula is C8H7FNO2. The summed E-state index contributed by atoms with van der Waals surface area (Å²) in [5.74, 6) is -0.680. The van der Waals surface area contributed by atoms with Crippen molar-refractivity contribution in [3.63, 3.8) is 0 Å². The number of nitro benzene ring substituents is 1. The first-order valence-electron chi connectivity index (χ1n) is 3.49. The number of aryl methyl sites for hydroxylation is 1. The first-order valence-corrected chi connectivity index (χ1v) is 3.49. The van der Waals surface area contributed by atoms with Crippen molar-refractivity contribution in [3.8, 4) is 0 Å². The Hall–Kier alpha value is -1.45. The normalized spacial score (nSPS) is 9.83. The summed E-state index contributed by atoms with van der Waals surface area (Å²) < 4.78 is 12.6. The molecule has 1 rings (SSSR count). The van der Waals surface area contributed by atoms with Crippen LogP contribution in [0.4, 0.5) is 10.1 Å². The van der Waals surface area contributed by atoms with Crippen molar-refractivity contribution < 1.29 is 9.31 Å². The van der Waals surface area contributed by atoms with E-state index in [9.17, 15) is 14.5 Å². The molecule has 0 aliphatic rings. The van der Waals surface area contributed by atoms with Crippen LogP contribution in [-0.4, -0.2) is 4.92 Å². The molecule has 0 fully saturated rings. The Balaban J connectivity index is 3.15. The van der Waals surface area contributed by atoms with Crippen molar-refractivity contribution in [1.82, 2.24) is 0 Å². The molecule has 1 radical (unpaired) electrons. The Kier molecular flexibility index (Phi) is 2.38. The maximum Gasteiger partial charge on any atom is 0.272 e. The van der Waals surface area contributed by atoms with Crippen molar-refractivity contribution in [2.24, 2.45) is 0 Å². The van der Waals surface area contributed by atoms with Gasteiger partial charge in [0.2, 0.25) is 0 Å². The molecule has 0 atom stereocenters. The molecule has 0 spiro atoms. The van der Waals surface area contributed by atoms with Crippen molar-refractivity contribution in [1.29, 1.82) is 0 Å². The third-order valence-electron chi connectivity index (χ3n) is 1.47. The Bertz CT molecular complexity index is 312. The van der Waals surface area contributed by atoms with E-state index >= 15 is 0 Å². The molecule has 0 aliphatic carbocycles. The van der Waals surface area contributed by atoms with Crippen LogP contribution >= 0.6 is 0 Å². The number of non-ortho nitro benzene ring substituents is 1. The van der Waals surface area contributed by atoms with Crippen LogP contribution in [0.25, 0.3) is 0 Å². The Morgan fingerprint density at radius 1 is 1.67 bits per heavy atom. The molecule has 1 aromatic rings. The van der Waals surface area contributed by atoms with E-state index < -0.39 is 10.7 Å². The highest BCUT2D eigenvalue weighted by Gasteiger charge is 2.08. The molecule has 0 heterocycles. The van der Waals surface area contributed by atoms with E-state index in [0.717, 1.165) is 6.07 Å². The fraction of sp³-hybridized carbons (Fsp3) is 0.250. The van der Waals surface area contributed by atoms with Crippen LogP contribution < -0.4 is 0 Å². The lowest BCUT2D eigenvalue weighted by atomic mass is 10.1. The Labute approximate surface area is 69.0 Å². The standard InChI is InChI=1S/C8H7FNO2/c1-2-6-3-7(9)5-8(4-6)10(11)12/h4-5H,2H2,1H3. The zero-order valence-electron chi connectivity index (χ0n) is 6.50. The number of benzene rings is 1. The molecule has 0 bridgehead atoms. The van der Waals surface area contributed by atoms with Gasteiger partial charge in [-0.15, -0.1) is 0 Å². The second-order valence-corrected chi connectivity index (χ2v) is 2.32. The van der Waals surface area contributed by atoms with E-state index in [4.69, 9.17) is 0 Å². The van der Waals surface area contributed by atoms with Gasteiger partial charge < -0.3 is 0 Å². The number of halogens is 1. The average molecular weight is 168 g/mol. The summed E-state index contributed by atoms with van der Waals surface area (Å²) in [4.78, 5) is 9.63. The lowest BCUT2D eigenvalue weighted by Crippen LogP contribution is -1.92. The maximum absolute atomic E-state index is 12.6. The van der Waals surface area contributed by atoms with Crippen LogP contribution in [0.2, 0.25) is 0 Å². The number of nitro groups is 1. The van der Waals surface area contributed by atoms with E-state index in [0.29, 0.717) is 12.0 Å². The number of hydrogen-bond donors (Lipinski definition) is 0. The molecule has 0 aromatic heterocycles. The lowest BCUT2D eigenvalue weighted by Gasteiger charge is -1.95. The molecule has 0 N–H and O–H groups in total. The van der Waals surface area contributed by atoms with Gasteiger partial charge in [0.15, 0.2) is 0 Å². The van der Waals surface area contributed by atoms with E-state index in [1.54, 1.807) is 6.92 Å². The molecule has 63 valence electrons. The third kappa shape index (κ3) is 1.78. The minimum absolute atomic E-state index is 0.219. The van der Waals surface area contributed by atoms with Gasteiger partial charge in [0.05, 0.1) is 11.0 Å². The minimum Gasteiger partial charge on any atom is -0.258 e. The highest BCUT2D eigenvalue weighted by Crippen LogP contribution is 2.15. The van der Waals surface area contributed by atoms with Gasteiger partial charge in [0, 0.05) is 12.1 Å². The number of hydrogen-bond acceptors (Lipinski definition) is 2. The maximum atomic E-state index is 12.6. The highest BCUT2D eigenvalue weighted by molar-refractivity contribution is 5.34. The fourth-order valence-corrected chi connectivity index (χ4v) is 0.871. The predicted octanol–water partition coefficient (Wildman–Crippen LogP) is 2.10. The largest absolute Gasteiger partial charge is 0.272 e. The van der Waals surface area contributed by atoms with Gasteiger partial charge in [-0.3, -0.25) is 10.1 Å². The molecule has 3 nitrogen and oxygen atoms in total. The zero-order valence-corrected chi connectivity index (χ0v) is 6.50. The third-order valence-corrected chi connectivity index (χ3v) is 1.47. The Morgan fingerprint density at radius 3 is 2.83 bits per heavy atom. The van der Waals surface area contributed by atoms with Gasteiger partial charge in [-0.2, -0.15) is 0 Å². The summed E-state index contributed by atoms with van der Waals surface area (Å²) in [5.41, 5.74) is 0.296. The number of nitrogens with zero attached hydrogens (tertiary/aromatic N) is 1. The summed E-state index contributed by atoms with van der Waals surface area (Å²) in [6, 6.07) is 4.56. The van der Waals surface area contributed by atoms with Crippen molar-refractivity contribution >= 4 is 5.69 Å². The van der Waals surface area contributed by atoms with E-state index in [1.807, 2.05) is 0 Å². The lowest BCUT2D eigenvalue weighted by molar-refractivity contribution is -0.385. The topological polar surface area (TPSA) is 43.1 Å². The molecule has 12 heavy (non-hydrogen) atoms. The second kappa shape index (κ2) is 3.30.